The smallest absolute Gasteiger partial charge is 0.179 e. The summed E-state index contributed by atoms with van der Waals surface area (Å²) in [5.74, 6) is 0. The molecule has 0 spiro atoms. The van der Waals surface area contributed by atoms with Crippen LogP contribution in [0, 0.1) is 0 Å². The van der Waals surface area contributed by atoms with E-state index in [1.165, 1.54) is 0 Å². The van der Waals surface area contributed by atoms with E-state index in [1.54, 1.807) is 0 Å². The van der Waals surface area contributed by atoms with E-state index in [1.807, 2.05) is 38.1 Å². The summed E-state index contributed by atoms with van der Waals surface area (Å²) in [5.41, 5.74) is 0. The molecular formula is C13H32N4O. The standard InChI is InChI=1S/C13H32N4O/c1-10(2)17(11(3)4)16(9)13(18)15(8)12(5)14(6)7/h10-13,18H,1-9H3. The molecule has 0 aliphatic carbocycles. The molecule has 110 valence electrons. The molecule has 0 fully saturated rings. The van der Waals surface area contributed by atoms with Gasteiger partial charge in [0.25, 0.3) is 0 Å². The molecule has 0 radical (unpaired) electrons. The summed E-state index contributed by atoms with van der Waals surface area (Å²) in [6.45, 7) is 10.6. The van der Waals surface area contributed by atoms with Crippen molar-refractivity contribution in [2.75, 3.05) is 28.2 Å². The first-order valence-electron chi connectivity index (χ1n) is 6.68. The summed E-state index contributed by atoms with van der Waals surface area (Å²) in [6.07, 6.45) is -0.462. The third kappa shape index (κ3) is 4.48. The SMILES string of the molecule is CC(N(C)C)N(C)C(O)N(C)N(C(C)C)C(C)C. The van der Waals surface area contributed by atoms with Crippen molar-refractivity contribution >= 4 is 0 Å². The van der Waals surface area contributed by atoms with Crippen LogP contribution in [-0.4, -0.2) is 77.7 Å². The van der Waals surface area contributed by atoms with Crippen LogP contribution in [0.2, 0.25) is 0 Å². The number of hydrazine groups is 1. The quantitative estimate of drug-likeness (QED) is 0.547. The van der Waals surface area contributed by atoms with Crippen molar-refractivity contribution in [2.24, 2.45) is 0 Å². The Hall–Kier alpha value is -0.200. The van der Waals surface area contributed by atoms with Crippen LogP contribution in [0.5, 0.6) is 0 Å². The van der Waals surface area contributed by atoms with Crippen molar-refractivity contribution in [3.05, 3.63) is 0 Å². The molecule has 0 saturated carbocycles. The Bertz CT molecular complexity index is 225. The lowest BCUT2D eigenvalue weighted by molar-refractivity contribution is -0.221. The first kappa shape index (κ1) is 17.8. The van der Waals surface area contributed by atoms with Crippen LogP contribution in [0.1, 0.15) is 34.6 Å². The summed E-state index contributed by atoms with van der Waals surface area (Å²) in [6, 6.07) is 0.709. The summed E-state index contributed by atoms with van der Waals surface area (Å²) in [5, 5.41) is 14.6. The van der Waals surface area contributed by atoms with Gasteiger partial charge in [-0.1, -0.05) is 0 Å². The second-order valence-electron chi connectivity index (χ2n) is 5.75. The largest absolute Gasteiger partial charge is 0.364 e. The normalized spacial score (nSPS) is 16.7. The molecule has 2 atom stereocenters. The average Bonchev–Trinajstić information content (AvgIpc) is 2.24. The summed E-state index contributed by atoms with van der Waals surface area (Å²) < 4.78 is 0. The van der Waals surface area contributed by atoms with Gasteiger partial charge in [-0.3, -0.25) is 9.80 Å². The number of hydrogen-bond donors (Lipinski definition) is 1. The Morgan fingerprint density at radius 2 is 1.17 bits per heavy atom. The molecule has 1 N–H and O–H groups in total. The molecule has 0 saturated heterocycles. The number of aliphatic hydroxyl groups excluding tert-OH is 1. The summed E-state index contributed by atoms with van der Waals surface area (Å²) in [7, 11) is 7.89. The fourth-order valence-electron chi connectivity index (χ4n) is 2.26. The topological polar surface area (TPSA) is 33.2 Å². The van der Waals surface area contributed by atoms with Crippen molar-refractivity contribution in [1.29, 1.82) is 0 Å². The molecule has 0 aliphatic rings. The number of rotatable bonds is 7. The van der Waals surface area contributed by atoms with Crippen LogP contribution < -0.4 is 0 Å². The minimum absolute atomic E-state index is 0.170. The van der Waals surface area contributed by atoms with Crippen molar-refractivity contribution in [3.8, 4) is 0 Å². The van der Waals surface area contributed by atoms with Crippen LogP contribution in [0.4, 0.5) is 0 Å². The predicted molar refractivity (Wildman–Crippen MR) is 76.8 cm³/mol. The van der Waals surface area contributed by atoms with E-state index in [4.69, 9.17) is 0 Å². The molecule has 0 aromatic heterocycles. The number of aliphatic hydroxyl groups is 1. The fourth-order valence-corrected chi connectivity index (χ4v) is 2.26. The van der Waals surface area contributed by atoms with Crippen LogP contribution in [0.3, 0.4) is 0 Å². The van der Waals surface area contributed by atoms with Gasteiger partial charge >= 0.3 is 0 Å². The van der Waals surface area contributed by atoms with Gasteiger partial charge in [0, 0.05) is 19.1 Å². The zero-order valence-electron chi connectivity index (χ0n) is 13.5. The molecule has 0 aromatic carbocycles. The lowest BCUT2D eigenvalue weighted by atomic mass is 10.3. The van der Waals surface area contributed by atoms with E-state index in [2.05, 4.69) is 44.5 Å². The Morgan fingerprint density at radius 1 is 0.778 bits per heavy atom. The zero-order chi connectivity index (χ0) is 14.6. The van der Waals surface area contributed by atoms with Gasteiger partial charge in [0.2, 0.25) is 0 Å². The lowest BCUT2D eigenvalue weighted by Gasteiger charge is -2.45. The monoisotopic (exact) mass is 260 g/mol. The minimum atomic E-state index is -0.632. The minimum Gasteiger partial charge on any atom is -0.364 e. The third-order valence-corrected chi connectivity index (χ3v) is 3.46. The fraction of sp³-hybridized carbons (Fsp3) is 1.00. The average molecular weight is 260 g/mol. The van der Waals surface area contributed by atoms with Crippen molar-refractivity contribution in [1.82, 2.24) is 19.8 Å². The van der Waals surface area contributed by atoms with Crippen LogP contribution in [0.15, 0.2) is 0 Å². The maximum Gasteiger partial charge on any atom is 0.179 e. The van der Waals surface area contributed by atoms with Crippen LogP contribution >= 0.6 is 0 Å². The molecule has 0 bridgehead atoms. The van der Waals surface area contributed by atoms with Gasteiger partial charge in [0.15, 0.2) is 6.35 Å². The van der Waals surface area contributed by atoms with E-state index < -0.39 is 6.35 Å². The Kier molecular flexibility index (Phi) is 7.32. The Balaban J connectivity index is 4.80. The Morgan fingerprint density at radius 3 is 1.44 bits per heavy atom. The maximum absolute atomic E-state index is 10.5. The van der Waals surface area contributed by atoms with Gasteiger partial charge in [-0.2, -0.15) is 0 Å². The second kappa shape index (κ2) is 7.40. The van der Waals surface area contributed by atoms with E-state index in [0.29, 0.717) is 12.1 Å². The summed E-state index contributed by atoms with van der Waals surface area (Å²) in [4.78, 5) is 4.02. The van der Waals surface area contributed by atoms with Gasteiger partial charge < -0.3 is 5.11 Å². The second-order valence-corrected chi connectivity index (χ2v) is 5.75. The molecule has 0 aliphatic heterocycles. The predicted octanol–water partition coefficient (Wildman–Crippen LogP) is 1.07. The van der Waals surface area contributed by atoms with E-state index >= 15 is 0 Å². The molecule has 0 amide bonds. The van der Waals surface area contributed by atoms with Gasteiger partial charge in [0.1, 0.15) is 0 Å². The van der Waals surface area contributed by atoms with Crippen molar-refractivity contribution in [3.63, 3.8) is 0 Å². The molecule has 0 rings (SSSR count). The molecular weight excluding hydrogens is 228 g/mol. The number of nitrogens with zero attached hydrogens (tertiary/aromatic N) is 4. The van der Waals surface area contributed by atoms with E-state index in [-0.39, 0.29) is 6.17 Å². The van der Waals surface area contributed by atoms with E-state index in [9.17, 15) is 5.11 Å². The Labute approximate surface area is 113 Å². The highest BCUT2D eigenvalue weighted by molar-refractivity contribution is 4.68. The van der Waals surface area contributed by atoms with Crippen molar-refractivity contribution in [2.45, 2.75) is 59.2 Å². The summed E-state index contributed by atoms with van der Waals surface area (Å²) >= 11 is 0. The van der Waals surface area contributed by atoms with Gasteiger partial charge in [0.05, 0.1) is 6.17 Å². The van der Waals surface area contributed by atoms with E-state index in [0.717, 1.165) is 0 Å². The van der Waals surface area contributed by atoms with Gasteiger partial charge in [-0.05, 0) is 55.8 Å². The molecule has 18 heavy (non-hydrogen) atoms. The highest BCUT2D eigenvalue weighted by atomic mass is 16.3. The maximum atomic E-state index is 10.5. The first-order chi connectivity index (χ1) is 8.11. The molecule has 0 heterocycles. The number of hydrogen-bond acceptors (Lipinski definition) is 5. The van der Waals surface area contributed by atoms with Crippen LogP contribution in [-0.2, 0) is 0 Å². The molecule has 5 nitrogen and oxygen atoms in total. The molecule has 2 unspecified atom stereocenters. The first-order valence-corrected chi connectivity index (χ1v) is 6.68. The highest BCUT2D eigenvalue weighted by Gasteiger charge is 2.28. The van der Waals surface area contributed by atoms with Gasteiger partial charge in [-0.15, -0.1) is 0 Å². The molecule has 0 aromatic rings. The zero-order valence-corrected chi connectivity index (χ0v) is 13.5. The van der Waals surface area contributed by atoms with Crippen molar-refractivity contribution < 1.29 is 5.11 Å². The van der Waals surface area contributed by atoms with Crippen LogP contribution in [0.25, 0.3) is 0 Å². The lowest BCUT2D eigenvalue weighted by Crippen LogP contribution is -2.60. The highest BCUT2D eigenvalue weighted by Crippen LogP contribution is 2.14. The third-order valence-electron chi connectivity index (χ3n) is 3.46. The molecule has 5 heteroatoms. The van der Waals surface area contributed by atoms with Gasteiger partial charge in [-0.25, -0.2) is 10.0 Å².